The Morgan fingerprint density at radius 1 is 1.37 bits per heavy atom. The fourth-order valence-corrected chi connectivity index (χ4v) is 1.45. The Bertz CT molecular complexity index is 404. The van der Waals surface area contributed by atoms with E-state index in [2.05, 4.69) is 10.4 Å². The summed E-state index contributed by atoms with van der Waals surface area (Å²) in [6.07, 6.45) is -1.19. The Hall–Kier alpha value is -1.57. The molecule has 0 aliphatic rings. The molecule has 0 saturated heterocycles. The van der Waals surface area contributed by atoms with Gasteiger partial charge >= 0.3 is 6.18 Å². The SMILES string of the molecule is O=C(Cn1ccc(C(F)(F)F)n1)NCCCCCO. The number of hydrogen-bond acceptors (Lipinski definition) is 3. The molecule has 1 aromatic rings. The maximum atomic E-state index is 12.3. The second kappa shape index (κ2) is 7.13. The predicted octanol–water partition coefficient (Wildman–Crippen LogP) is 1.18. The van der Waals surface area contributed by atoms with Gasteiger partial charge in [0.2, 0.25) is 5.91 Å². The van der Waals surface area contributed by atoms with Crippen LogP contribution < -0.4 is 5.32 Å². The van der Waals surface area contributed by atoms with Crippen molar-refractivity contribution in [1.29, 1.82) is 0 Å². The summed E-state index contributed by atoms with van der Waals surface area (Å²) in [6, 6.07) is 0.828. The fraction of sp³-hybridized carbons (Fsp3) is 0.636. The minimum absolute atomic E-state index is 0.113. The van der Waals surface area contributed by atoms with Gasteiger partial charge in [-0.15, -0.1) is 0 Å². The van der Waals surface area contributed by atoms with E-state index in [9.17, 15) is 18.0 Å². The summed E-state index contributed by atoms with van der Waals surface area (Å²) in [4.78, 5) is 11.4. The average Bonchev–Trinajstić information content (AvgIpc) is 2.77. The number of halogens is 3. The average molecular weight is 279 g/mol. The summed E-state index contributed by atoms with van der Waals surface area (Å²) < 4.78 is 37.7. The lowest BCUT2D eigenvalue weighted by Gasteiger charge is -2.05. The highest BCUT2D eigenvalue weighted by Crippen LogP contribution is 2.27. The quantitative estimate of drug-likeness (QED) is 0.737. The van der Waals surface area contributed by atoms with Gasteiger partial charge in [0, 0.05) is 19.3 Å². The van der Waals surface area contributed by atoms with E-state index >= 15 is 0 Å². The molecule has 0 saturated carbocycles. The van der Waals surface area contributed by atoms with E-state index in [0.717, 1.165) is 29.8 Å². The number of nitrogens with one attached hydrogen (secondary N) is 1. The maximum absolute atomic E-state index is 12.3. The van der Waals surface area contributed by atoms with Crippen molar-refractivity contribution in [3.8, 4) is 0 Å². The minimum Gasteiger partial charge on any atom is -0.396 e. The molecule has 0 unspecified atom stereocenters. The molecule has 19 heavy (non-hydrogen) atoms. The largest absolute Gasteiger partial charge is 0.435 e. The second-order valence-electron chi connectivity index (χ2n) is 4.03. The van der Waals surface area contributed by atoms with Crippen molar-refractivity contribution in [2.75, 3.05) is 13.2 Å². The van der Waals surface area contributed by atoms with Crippen LogP contribution in [0.4, 0.5) is 13.2 Å². The van der Waals surface area contributed by atoms with Gasteiger partial charge in [0.1, 0.15) is 6.54 Å². The Morgan fingerprint density at radius 3 is 2.68 bits per heavy atom. The number of carbonyl (C=O) groups is 1. The van der Waals surface area contributed by atoms with Crippen molar-refractivity contribution in [3.63, 3.8) is 0 Å². The van der Waals surface area contributed by atoms with Crippen molar-refractivity contribution in [2.24, 2.45) is 0 Å². The summed E-state index contributed by atoms with van der Waals surface area (Å²) in [5.74, 6) is -0.388. The molecule has 5 nitrogen and oxygen atoms in total. The van der Waals surface area contributed by atoms with Crippen molar-refractivity contribution in [1.82, 2.24) is 15.1 Å². The van der Waals surface area contributed by atoms with E-state index in [1.807, 2.05) is 0 Å². The van der Waals surface area contributed by atoms with Gasteiger partial charge in [0.05, 0.1) is 0 Å². The van der Waals surface area contributed by atoms with Gasteiger partial charge in [0.25, 0.3) is 0 Å². The molecule has 108 valence electrons. The first-order valence-electron chi connectivity index (χ1n) is 5.91. The molecular formula is C11H16F3N3O2. The first-order chi connectivity index (χ1) is 8.93. The third kappa shape index (κ3) is 5.73. The molecule has 2 N–H and O–H groups in total. The van der Waals surface area contributed by atoms with Crippen LogP contribution in [0.25, 0.3) is 0 Å². The van der Waals surface area contributed by atoms with Crippen LogP contribution in [0.5, 0.6) is 0 Å². The normalized spacial score (nSPS) is 11.6. The zero-order chi connectivity index (χ0) is 14.3. The number of aromatic nitrogens is 2. The lowest BCUT2D eigenvalue weighted by molar-refractivity contribution is -0.141. The van der Waals surface area contributed by atoms with Gasteiger partial charge < -0.3 is 10.4 Å². The second-order valence-corrected chi connectivity index (χ2v) is 4.03. The number of aliphatic hydroxyl groups excluding tert-OH is 1. The van der Waals surface area contributed by atoms with E-state index in [1.54, 1.807) is 0 Å². The summed E-state index contributed by atoms with van der Waals surface area (Å²) in [5.41, 5.74) is -1.01. The summed E-state index contributed by atoms with van der Waals surface area (Å²) in [7, 11) is 0. The first kappa shape index (κ1) is 15.5. The van der Waals surface area contributed by atoms with Gasteiger partial charge in [-0.2, -0.15) is 18.3 Å². The van der Waals surface area contributed by atoms with Gasteiger partial charge in [-0.25, -0.2) is 0 Å². The highest BCUT2D eigenvalue weighted by Gasteiger charge is 2.33. The Balaban J connectivity index is 2.30. The zero-order valence-electron chi connectivity index (χ0n) is 10.3. The van der Waals surface area contributed by atoms with E-state index in [0.29, 0.717) is 13.0 Å². The molecule has 0 aliphatic carbocycles. The van der Waals surface area contributed by atoms with Crippen LogP contribution in [-0.2, 0) is 17.5 Å². The van der Waals surface area contributed by atoms with Crippen LogP contribution in [0.2, 0.25) is 0 Å². The van der Waals surface area contributed by atoms with Crippen LogP contribution in [0.1, 0.15) is 25.0 Å². The number of unbranched alkanes of at least 4 members (excludes halogenated alkanes) is 2. The van der Waals surface area contributed by atoms with E-state index in [4.69, 9.17) is 5.11 Å². The number of carbonyl (C=O) groups excluding carboxylic acids is 1. The van der Waals surface area contributed by atoms with Crippen LogP contribution in [0.15, 0.2) is 12.3 Å². The smallest absolute Gasteiger partial charge is 0.396 e. The first-order valence-corrected chi connectivity index (χ1v) is 5.91. The Kier molecular flexibility index (Phi) is 5.81. The van der Waals surface area contributed by atoms with E-state index in [1.165, 1.54) is 0 Å². The molecule has 1 heterocycles. The van der Waals surface area contributed by atoms with Gasteiger partial charge in [-0.1, -0.05) is 0 Å². The van der Waals surface area contributed by atoms with Crippen LogP contribution in [-0.4, -0.2) is 33.9 Å². The number of alkyl halides is 3. The third-order valence-electron chi connectivity index (χ3n) is 2.39. The maximum Gasteiger partial charge on any atom is 0.435 e. The number of amides is 1. The van der Waals surface area contributed by atoms with Crippen LogP contribution in [0.3, 0.4) is 0 Å². The third-order valence-corrected chi connectivity index (χ3v) is 2.39. The van der Waals surface area contributed by atoms with E-state index < -0.39 is 11.9 Å². The fourth-order valence-electron chi connectivity index (χ4n) is 1.45. The monoisotopic (exact) mass is 279 g/mol. The highest BCUT2D eigenvalue weighted by molar-refractivity contribution is 5.75. The van der Waals surface area contributed by atoms with Gasteiger partial charge in [-0.3, -0.25) is 9.48 Å². The summed E-state index contributed by atoms with van der Waals surface area (Å²) >= 11 is 0. The minimum atomic E-state index is -4.49. The van der Waals surface area contributed by atoms with Crippen LogP contribution in [0, 0.1) is 0 Å². The molecule has 1 amide bonds. The van der Waals surface area contributed by atoms with Crippen molar-refractivity contribution in [2.45, 2.75) is 32.0 Å². The van der Waals surface area contributed by atoms with Crippen molar-refractivity contribution in [3.05, 3.63) is 18.0 Å². The molecule has 0 fully saturated rings. The summed E-state index contributed by atoms with van der Waals surface area (Å²) in [5, 5.41) is 14.4. The molecule has 0 radical (unpaired) electrons. The highest BCUT2D eigenvalue weighted by atomic mass is 19.4. The molecule has 1 aromatic heterocycles. The topological polar surface area (TPSA) is 67.2 Å². The number of rotatable bonds is 7. The number of hydrogen-bond donors (Lipinski definition) is 2. The van der Waals surface area contributed by atoms with Gasteiger partial charge in [-0.05, 0) is 25.3 Å². The molecule has 0 spiro atoms. The number of aliphatic hydroxyl groups is 1. The standard InChI is InChI=1S/C11H16F3N3O2/c12-11(13,14)9-4-6-17(16-9)8-10(19)15-5-2-1-3-7-18/h4,6,18H,1-3,5,7-8H2,(H,15,19). The molecule has 1 rings (SSSR count). The molecule has 0 atom stereocenters. The zero-order valence-corrected chi connectivity index (χ0v) is 10.3. The molecular weight excluding hydrogens is 263 g/mol. The molecule has 0 aliphatic heterocycles. The Labute approximate surface area is 108 Å². The van der Waals surface area contributed by atoms with E-state index in [-0.39, 0.29) is 19.1 Å². The van der Waals surface area contributed by atoms with Gasteiger partial charge in [0.15, 0.2) is 5.69 Å². The summed E-state index contributed by atoms with van der Waals surface area (Å²) in [6.45, 7) is 0.309. The molecule has 0 aromatic carbocycles. The lowest BCUT2D eigenvalue weighted by Crippen LogP contribution is -2.28. The molecule has 8 heteroatoms. The molecule has 0 bridgehead atoms. The lowest BCUT2D eigenvalue weighted by atomic mass is 10.2. The van der Waals surface area contributed by atoms with Crippen LogP contribution >= 0.6 is 0 Å². The predicted molar refractivity (Wildman–Crippen MR) is 61.2 cm³/mol. The van der Waals surface area contributed by atoms with Crippen molar-refractivity contribution < 1.29 is 23.1 Å². The van der Waals surface area contributed by atoms with Crippen molar-refractivity contribution >= 4 is 5.91 Å². The Morgan fingerprint density at radius 2 is 2.11 bits per heavy atom. The number of nitrogens with zero attached hydrogens (tertiary/aromatic N) is 2.